The van der Waals surface area contributed by atoms with E-state index in [0.29, 0.717) is 23.0 Å². The van der Waals surface area contributed by atoms with E-state index in [2.05, 4.69) is 141 Å². The van der Waals surface area contributed by atoms with Gasteiger partial charge in [-0.1, -0.05) is 147 Å². The van der Waals surface area contributed by atoms with Crippen molar-refractivity contribution in [2.75, 3.05) is 0 Å². The van der Waals surface area contributed by atoms with Crippen molar-refractivity contribution in [3.63, 3.8) is 0 Å². The molecule has 0 fully saturated rings. The van der Waals surface area contributed by atoms with Gasteiger partial charge in [0, 0.05) is 22.1 Å². The first-order chi connectivity index (χ1) is 25.9. The lowest BCUT2D eigenvalue weighted by molar-refractivity contribution is 0.660. The molecule has 0 radical (unpaired) electrons. The number of hydrogen-bond acceptors (Lipinski definition) is 4. The molecule has 0 saturated carbocycles. The second-order valence-electron chi connectivity index (χ2n) is 14.0. The SMILES string of the molecule is CC1(C)c2ccc(-c3cccc(-c4cccc(-c5nc(-c6ccccc6)nc(-c6cccc(-c7ccccc7)c6)n5)c4)c3)cc2-c2ccc(C#N)cc21. The number of nitrogens with zero attached hydrogens (tertiary/aromatic N) is 4. The van der Waals surface area contributed by atoms with Crippen LogP contribution in [0.1, 0.15) is 30.5 Å². The standard InChI is InChI=1S/C49H34N4/c1-49(2)44-25-23-39(30-43(44)42-24-22-32(31-50)26-45(42)49)37-18-9-17-36(27-37)38-19-11-21-41(29-38)48-52-46(34-14-7-4-8-15-34)51-47(53-48)40-20-10-16-35(28-40)33-12-5-3-6-13-33/h3-30H,1-2H3. The van der Waals surface area contributed by atoms with Crippen molar-refractivity contribution in [3.05, 3.63) is 187 Å². The molecular weight excluding hydrogens is 645 g/mol. The summed E-state index contributed by atoms with van der Waals surface area (Å²) in [7, 11) is 0. The molecule has 1 aliphatic carbocycles. The molecule has 0 N–H and O–H groups in total. The van der Waals surface area contributed by atoms with Gasteiger partial charge in [-0.25, -0.2) is 15.0 Å². The minimum atomic E-state index is -0.168. The van der Waals surface area contributed by atoms with Crippen LogP contribution in [0.4, 0.5) is 0 Å². The number of aromatic nitrogens is 3. The van der Waals surface area contributed by atoms with Crippen LogP contribution in [0, 0.1) is 11.3 Å². The highest BCUT2D eigenvalue weighted by Gasteiger charge is 2.35. The topological polar surface area (TPSA) is 62.5 Å². The zero-order chi connectivity index (χ0) is 35.9. The average Bonchev–Trinajstić information content (AvgIpc) is 3.46. The van der Waals surface area contributed by atoms with Crippen LogP contribution in [0.25, 0.3) is 78.7 Å². The molecule has 1 heterocycles. The van der Waals surface area contributed by atoms with Gasteiger partial charge >= 0.3 is 0 Å². The van der Waals surface area contributed by atoms with Crippen molar-refractivity contribution in [2.45, 2.75) is 19.3 Å². The van der Waals surface area contributed by atoms with Crippen molar-refractivity contribution < 1.29 is 0 Å². The van der Waals surface area contributed by atoms with E-state index in [-0.39, 0.29) is 5.41 Å². The summed E-state index contributed by atoms with van der Waals surface area (Å²) >= 11 is 0. The normalized spacial score (nSPS) is 12.5. The Hall–Kier alpha value is -6.96. The van der Waals surface area contributed by atoms with Crippen molar-refractivity contribution in [2.24, 2.45) is 0 Å². The lowest BCUT2D eigenvalue weighted by atomic mass is 9.81. The van der Waals surface area contributed by atoms with Gasteiger partial charge in [-0.2, -0.15) is 5.26 Å². The maximum Gasteiger partial charge on any atom is 0.164 e. The van der Waals surface area contributed by atoms with Crippen LogP contribution in [0.15, 0.2) is 170 Å². The predicted octanol–water partition coefficient (Wildman–Crippen LogP) is 12.1. The molecule has 7 aromatic carbocycles. The first-order valence-corrected chi connectivity index (χ1v) is 17.8. The van der Waals surface area contributed by atoms with E-state index in [9.17, 15) is 5.26 Å². The molecule has 4 heteroatoms. The highest BCUT2D eigenvalue weighted by Crippen LogP contribution is 2.50. The summed E-state index contributed by atoms with van der Waals surface area (Å²) in [5, 5.41) is 9.55. The van der Waals surface area contributed by atoms with Crippen LogP contribution in [-0.2, 0) is 5.41 Å². The van der Waals surface area contributed by atoms with Crippen LogP contribution in [0.3, 0.4) is 0 Å². The molecular formula is C49H34N4. The Balaban J connectivity index is 1.10. The summed E-state index contributed by atoms with van der Waals surface area (Å²) in [6, 6.07) is 61.1. The molecule has 0 amide bonds. The molecule has 8 aromatic rings. The van der Waals surface area contributed by atoms with E-state index >= 15 is 0 Å². The highest BCUT2D eigenvalue weighted by molar-refractivity contribution is 5.86. The third kappa shape index (κ3) is 5.89. The fourth-order valence-corrected chi connectivity index (χ4v) is 7.54. The lowest BCUT2D eigenvalue weighted by Crippen LogP contribution is -2.15. The largest absolute Gasteiger partial charge is 0.208 e. The third-order valence-electron chi connectivity index (χ3n) is 10.4. The van der Waals surface area contributed by atoms with E-state index in [1.807, 2.05) is 48.5 Å². The van der Waals surface area contributed by atoms with Crippen molar-refractivity contribution >= 4 is 0 Å². The number of hydrogen-bond donors (Lipinski definition) is 0. The van der Waals surface area contributed by atoms with Crippen molar-refractivity contribution in [3.8, 4) is 84.7 Å². The van der Waals surface area contributed by atoms with E-state index < -0.39 is 0 Å². The summed E-state index contributed by atoms with van der Waals surface area (Å²) in [5.74, 6) is 1.88. The molecule has 0 atom stereocenters. The molecule has 9 rings (SSSR count). The molecule has 0 aliphatic heterocycles. The van der Waals surface area contributed by atoms with Gasteiger partial charge in [-0.3, -0.25) is 0 Å². The van der Waals surface area contributed by atoms with Crippen LogP contribution in [0.5, 0.6) is 0 Å². The molecule has 4 nitrogen and oxygen atoms in total. The Morgan fingerprint density at radius 1 is 0.377 bits per heavy atom. The molecule has 1 aliphatic rings. The van der Waals surface area contributed by atoms with Gasteiger partial charge in [0.05, 0.1) is 11.6 Å². The van der Waals surface area contributed by atoms with Crippen molar-refractivity contribution in [1.82, 2.24) is 15.0 Å². The Kier molecular flexibility index (Phi) is 7.83. The minimum absolute atomic E-state index is 0.168. The van der Waals surface area contributed by atoms with E-state index in [4.69, 9.17) is 15.0 Å². The quantitative estimate of drug-likeness (QED) is 0.176. The molecule has 53 heavy (non-hydrogen) atoms. The van der Waals surface area contributed by atoms with E-state index in [0.717, 1.165) is 50.1 Å². The maximum atomic E-state index is 9.55. The van der Waals surface area contributed by atoms with Crippen LogP contribution in [-0.4, -0.2) is 15.0 Å². The second-order valence-corrected chi connectivity index (χ2v) is 14.0. The molecule has 1 aromatic heterocycles. The van der Waals surface area contributed by atoms with Crippen LogP contribution >= 0.6 is 0 Å². The third-order valence-corrected chi connectivity index (χ3v) is 10.4. The zero-order valence-corrected chi connectivity index (χ0v) is 29.5. The summed E-state index contributed by atoms with van der Waals surface area (Å²) in [6.45, 7) is 4.48. The van der Waals surface area contributed by atoms with Gasteiger partial charge in [0.1, 0.15) is 0 Å². The molecule has 0 spiro atoms. The molecule has 0 bridgehead atoms. The molecule has 0 saturated heterocycles. The average molecular weight is 679 g/mol. The minimum Gasteiger partial charge on any atom is -0.208 e. The van der Waals surface area contributed by atoms with Crippen molar-refractivity contribution in [1.29, 1.82) is 5.26 Å². The van der Waals surface area contributed by atoms with Gasteiger partial charge in [-0.05, 0) is 92.0 Å². The van der Waals surface area contributed by atoms with E-state index in [1.54, 1.807) is 0 Å². The second kappa shape index (κ2) is 13.0. The Morgan fingerprint density at radius 2 is 0.830 bits per heavy atom. The zero-order valence-electron chi connectivity index (χ0n) is 29.5. The number of benzene rings is 7. The lowest BCUT2D eigenvalue weighted by Gasteiger charge is -2.21. The van der Waals surface area contributed by atoms with Gasteiger partial charge in [0.2, 0.25) is 0 Å². The Labute approximate surface area is 309 Å². The number of nitriles is 1. The summed E-state index contributed by atoms with van der Waals surface area (Å²) < 4.78 is 0. The molecule has 250 valence electrons. The smallest absolute Gasteiger partial charge is 0.164 e. The van der Waals surface area contributed by atoms with Crippen LogP contribution < -0.4 is 0 Å². The highest BCUT2D eigenvalue weighted by atomic mass is 15.0. The van der Waals surface area contributed by atoms with Crippen LogP contribution in [0.2, 0.25) is 0 Å². The van der Waals surface area contributed by atoms with Gasteiger partial charge in [0.15, 0.2) is 17.5 Å². The maximum absolute atomic E-state index is 9.55. The first kappa shape index (κ1) is 32.0. The first-order valence-electron chi connectivity index (χ1n) is 17.8. The Bertz CT molecular complexity index is 2710. The van der Waals surface area contributed by atoms with Gasteiger partial charge < -0.3 is 0 Å². The van der Waals surface area contributed by atoms with E-state index in [1.165, 1.54) is 22.3 Å². The fourth-order valence-electron chi connectivity index (χ4n) is 7.54. The number of rotatable bonds is 6. The summed E-state index contributed by atoms with van der Waals surface area (Å²) in [5.41, 5.74) is 15.0. The monoisotopic (exact) mass is 678 g/mol. The van der Waals surface area contributed by atoms with Gasteiger partial charge in [-0.15, -0.1) is 0 Å². The summed E-state index contributed by atoms with van der Waals surface area (Å²) in [6.07, 6.45) is 0. The summed E-state index contributed by atoms with van der Waals surface area (Å²) in [4.78, 5) is 15.1. The predicted molar refractivity (Wildman–Crippen MR) is 215 cm³/mol. The fraction of sp³-hybridized carbons (Fsp3) is 0.0612. The Morgan fingerprint density at radius 3 is 1.40 bits per heavy atom. The number of fused-ring (bicyclic) bond motifs is 3. The molecule has 0 unspecified atom stereocenters. The van der Waals surface area contributed by atoms with Gasteiger partial charge in [0.25, 0.3) is 0 Å².